The molecule has 1 saturated heterocycles. The molecule has 2 N–H and O–H groups in total. The second-order valence-electron chi connectivity index (χ2n) is 5.81. The topological polar surface area (TPSA) is 95.0 Å². The Labute approximate surface area is 163 Å². The minimum Gasteiger partial charge on any atom is -0.476 e. The number of carboxylic acids is 1. The third kappa shape index (κ3) is 4.47. The number of aromatic nitrogens is 1. The minimum absolute atomic E-state index is 0. The fourth-order valence-corrected chi connectivity index (χ4v) is 3.00. The molecule has 2 aromatic rings. The number of rotatable bonds is 7. The summed E-state index contributed by atoms with van der Waals surface area (Å²) in [6, 6.07) is 12.4. The lowest BCUT2D eigenvalue weighted by Crippen LogP contribution is -2.70. The van der Waals surface area contributed by atoms with E-state index in [1.165, 1.54) is 0 Å². The number of carboxylic acid groups (broad SMARTS) is 1. The number of nitrogens with zero attached hydrogens (tertiary/aromatic N) is 3. The number of aliphatic carboxylic acids is 1. The molecule has 0 aliphatic carbocycles. The normalized spacial score (nSPS) is 16.5. The number of pyridine rings is 1. The Morgan fingerprint density at radius 2 is 1.74 bits per heavy atom. The highest BCUT2D eigenvalue weighted by atomic mass is 35.5. The van der Waals surface area contributed by atoms with Gasteiger partial charge in [-0.3, -0.25) is 15.1 Å². The maximum Gasteiger partial charge on any atom is 0.387 e. The molecule has 1 aliphatic rings. The van der Waals surface area contributed by atoms with E-state index in [0.717, 1.165) is 5.69 Å². The van der Waals surface area contributed by atoms with Gasteiger partial charge in [0, 0.05) is 44.3 Å². The molecule has 2 heterocycles. The summed E-state index contributed by atoms with van der Waals surface area (Å²) in [6.45, 7) is 2.00. The van der Waals surface area contributed by atoms with Crippen molar-refractivity contribution >= 4 is 30.5 Å². The highest BCUT2D eigenvalue weighted by Crippen LogP contribution is 2.23. The first kappa shape index (κ1) is 20.5. The molecule has 0 bridgehead atoms. The van der Waals surface area contributed by atoms with Gasteiger partial charge in [-0.2, -0.15) is 0 Å². The minimum atomic E-state index is -1.95. The summed E-state index contributed by atoms with van der Waals surface area (Å²) in [5, 5.41) is 12.2. The van der Waals surface area contributed by atoms with Crippen LogP contribution in [0.4, 0.5) is 5.69 Å². The van der Waals surface area contributed by atoms with E-state index in [1.54, 1.807) is 47.6 Å². The van der Waals surface area contributed by atoms with Crippen LogP contribution < -0.4 is 15.0 Å². The Bertz CT molecular complexity index is 742. The van der Waals surface area contributed by atoms with E-state index >= 15 is 0 Å². The summed E-state index contributed by atoms with van der Waals surface area (Å²) in [5.74, 6) is -2.86. The number of hydrogen-bond donors (Lipinski definition) is 2. The number of para-hydroxylation sites is 1. The number of amides is 1. The van der Waals surface area contributed by atoms with Crippen molar-refractivity contribution in [1.82, 2.24) is 15.2 Å². The molecular formula is C18H21ClN4O4. The van der Waals surface area contributed by atoms with Gasteiger partial charge in [0.2, 0.25) is 6.41 Å². The molecule has 27 heavy (non-hydrogen) atoms. The van der Waals surface area contributed by atoms with E-state index in [-0.39, 0.29) is 12.4 Å². The van der Waals surface area contributed by atoms with Gasteiger partial charge in [0.15, 0.2) is 0 Å². The largest absolute Gasteiger partial charge is 0.476 e. The zero-order valence-electron chi connectivity index (χ0n) is 14.5. The van der Waals surface area contributed by atoms with Crippen molar-refractivity contribution in [2.45, 2.75) is 5.85 Å². The quantitative estimate of drug-likeness (QED) is 0.539. The second-order valence-corrected chi connectivity index (χ2v) is 5.81. The Morgan fingerprint density at radius 1 is 1.11 bits per heavy atom. The van der Waals surface area contributed by atoms with Crippen molar-refractivity contribution in [2.24, 2.45) is 0 Å². The smallest absolute Gasteiger partial charge is 0.387 e. The maximum absolute atomic E-state index is 12.1. The van der Waals surface area contributed by atoms with Crippen LogP contribution in [0.15, 0.2) is 54.9 Å². The zero-order valence-corrected chi connectivity index (χ0v) is 15.3. The molecule has 8 nitrogen and oxygen atoms in total. The van der Waals surface area contributed by atoms with Gasteiger partial charge in [0.05, 0.1) is 0 Å². The summed E-state index contributed by atoms with van der Waals surface area (Å²) in [7, 11) is 0. The second kappa shape index (κ2) is 9.20. The monoisotopic (exact) mass is 392 g/mol. The standard InChI is InChI=1S/C18H20N4O4.ClH/c23-14-20-18(17(24)25,26-16-4-2-1-3-5-16)22-12-10-21(11-13-22)15-6-8-19-9-7-15;/h1-9,14H,10-13H2,(H,20,23)(H,24,25);1H. The van der Waals surface area contributed by atoms with E-state index in [0.29, 0.717) is 38.3 Å². The van der Waals surface area contributed by atoms with Crippen molar-refractivity contribution in [3.8, 4) is 5.75 Å². The Hall–Kier alpha value is -2.84. The molecule has 1 atom stereocenters. The molecule has 3 rings (SSSR count). The third-order valence-corrected chi connectivity index (χ3v) is 4.31. The molecule has 1 aromatic heterocycles. The number of hydrogen-bond acceptors (Lipinski definition) is 6. The SMILES string of the molecule is Cl.O=CNC(Oc1ccccc1)(C(=O)O)N1CCN(c2ccncc2)CC1. The Morgan fingerprint density at radius 3 is 2.30 bits per heavy atom. The molecule has 1 unspecified atom stereocenters. The summed E-state index contributed by atoms with van der Waals surface area (Å²) < 4.78 is 5.74. The van der Waals surface area contributed by atoms with Gasteiger partial charge >= 0.3 is 11.8 Å². The molecule has 0 radical (unpaired) electrons. The van der Waals surface area contributed by atoms with Crippen LogP contribution in [0.25, 0.3) is 0 Å². The van der Waals surface area contributed by atoms with Gasteiger partial charge in [-0.05, 0) is 24.3 Å². The van der Waals surface area contributed by atoms with Crippen LogP contribution in [0.5, 0.6) is 5.75 Å². The van der Waals surface area contributed by atoms with Crippen LogP contribution in [0, 0.1) is 0 Å². The summed E-state index contributed by atoms with van der Waals surface area (Å²) in [6.07, 6.45) is 3.79. The number of halogens is 1. The van der Waals surface area contributed by atoms with Crippen molar-refractivity contribution in [3.05, 3.63) is 54.9 Å². The van der Waals surface area contributed by atoms with Crippen LogP contribution in [-0.4, -0.2) is 59.4 Å². The lowest BCUT2D eigenvalue weighted by molar-refractivity contribution is -0.185. The highest BCUT2D eigenvalue weighted by Gasteiger charge is 2.48. The highest BCUT2D eigenvalue weighted by molar-refractivity contribution is 5.85. The van der Waals surface area contributed by atoms with Crippen LogP contribution in [-0.2, 0) is 9.59 Å². The zero-order chi connectivity index (χ0) is 18.4. The molecule has 9 heteroatoms. The molecule has 1 fully saturated rings. The van der Waals surface area contributed by atoms with Gasteiger partial charge in [-0.15, -0.1) is 12.4 Å². The molecule has 1 amide bonds. The lowest BCUT2D eigenvalue weighted by atomic mass is 10.2. The van der Waals surface area contributed by atoms with E-state index in [2.05, 4.69) is 15.2 Å². The molecule has 144 valence electrons. The van der Waals surface area contributed by atoms with Gasteiger partial charge in [-0.1, -0.05) is 18.2 Å². The van der Waals surface area contributed by atoms with Crippen LogP contribution in [0.2, 0.25) is 0 Å². The maximum atomic E-state index is 12.1. The Balaban J connectivity index is 0.00000261. The molecular weight excluding hydrogens is 372 g/mol. The first-order valence-corrected chi connectivity index (χ1v) is 8.24. The first-order valence-electron chi connectivity index (χ1n) is 8.24. The van der Waals surface area contributed by atoms with Crippen molar-refractivity contribution in [1.29, 1.82) is 0 Å². The molecule has 0 spiro atoms. The number of carbonyl (C=O) groups excluding carboxylic acids is 1. The van der Waals surface area contributed by atoms with Crippen molar-refractivity contribution < 1.29 is 19.4 Å². The Kier molecular flexibility index (Phi) is 6.98. The molecule has 1 aliphatic heterocycles. The summed E-state index contributed by atoms with van der Waals surface area (Å²) >= 11 is 0. The van der Waals surface area contributed by atoms with E-state index in [4.69, 9.17) is 4.74 Å². The van der Waals surface area contributed by atoms with Gasteiger partial charge in [-0.25, -0.2) is 9.69 Å². The number of ether oxygens (including phenoxy) is 1. The molecule has 0 saturated carbocycles. The van der Waals surface area contributed by atoms with E-state index in [9.17, 15) is 14.7 Å². The van der Waals surface area contributed by atoms with Gasteiger partial charge in [0.25, 0.3) is 0 Å². The molecule has 1 aromatic carbocycles. The van der Waals surface area contributed by atoms with Gasteiger partial charge < -0.3 is 14.7 Å². The average molecular weight is 393 g/mol. The first-order chi connectivity index (χ1) is 12.7. The lowest BCUT2D eigenvalue weighted by Gasteiger charge is -2.44. The van der Waals surface area contributed by atoms with Crippen LogP contribution >= 0.6 is 12.4 Å². The predicted molar refractivity (Wildman–Crippen MR) is 102 cm³/mol. The number of carbonyl (C=O) groups is 2. The predicted octanol–water partition coefficient (Wildman–Crippen LogP) is 1.19. The fraction of sp³-hybridized carbons (Fsp3) is 0.278. The summed E-state index contributed by atoms with van der Waals surface area (Å²) in [5.41, 5.74) is 1.02. The number of nitrogens with one attached hydrogen (secondary N) is 1. The third-order valence-electron chi connectivity index (χ3n) is 4.31. The van der Waals surface area contributed by atoms with Gasteiger partial charge in [0.1, 0.15) is 5.75 Å². The van der Waals surface area contributed by atoms with Crippen molar-refractivity contribution in [2.75, 3.05) is 31.1 Å². The fourth-order valence-electron chi connectivity index (χ4n) is 3.00. The van der Waals surface area contributed by atoms with E-state index < -0.39 is 11.8 Å². The van der Waals surface area contributed by atoms with Crippen molar-refractivity contribution in [3.63, 3.8) is 0 Å². The van der Waals surface area contributed by atoms with Crippen LogP contribution in [0.1, 0.15) is 0 Å². The van der Waals surface area contributed by atoms with E-state index in [1.807, 2.05) is 12.1 Å². The summed E-state index contributed by atoms with van der Waals surface area (Å²) in [4.78, 5) is 31.0. The number of piperazine rings is 1. The number of anilines is 1. The number of benzene rings is 1. The average Bonchev–Trinajstić information content (AvgIpc) is 2.69. The van der Waals surface area contributed by atoms with Crippen LogP contribution in [0.3, 0.4) is 0 Å².